The maximum Gasteiger partial charge on any atom is 0.311 e. The lowest BCUT2D eigenvalue weighted by molar-refractivity contribution is -0.142. The Labute approximate surface area is 257 Å². The quantitative estimate of drug-likeness (QED) is 0.105. The number of amides is 3. The average molecular weight is 615 g/mol. The van der Waals surface area contributed by atoms with E-state index in [4.69, 9.17) is 4.74 Å². The Morgan fingerprint density at radius 3 is 2.28 bits per heavy atom. The molecule has 0 aliphatic heterocycles. The van der Waals surface area contributed by atoms with E-state index in [1.165, 1.54) is 23.1 Å². The number of carbonyl (C=O) groups is 4. The zero-order chi connectivity index (χ0) is 30.6. The molecular weight excluding hydrogens is 585 g/mol. The van der Waals surface area contributed by atoms with Gasteiger partial charge in [-0.3, -0.25) is 19.2 Å². The minimum atomic E-state index is -0.480. The number of nitrogens with zero attached hydrogens (tertiary/aromatic N) is 1. The molecule has 9 nitrogen and oxygen atoms in total. The Bertz CT molecular complexity index is 1590. The number of aromatic nitrogens is 1. The van der Waals surface area contributed by atoms with Crippen molar-refractivity contribution in [2.24, 2.45) is 0 Å². The maximum atomic E-state index is 13.2. The van der Waals surface area contributed by atoms with Gasteiger partial charge in [-0.15, -0.1) is 23.1 Å². The number of thioether (sulfide) groups is 1. The molecule has 4 aromatic rings. The van der Waals surface area contributed by atoms with Crippen molar-refractivity contribution in [3.05, 3.63) is 113 Å². The number of esters is 1. The number of anilines is 2. The van der Waals surface area contributed by atoms with E-state index in [2.05, 4.69) is 20.9 Å². The minimum Gasteiger partial charge on any atom is -0.466 e. The number of hydrogen-bond acceptors (Lipinski definition) is 8. The molecule has 0 radical (unpaired) electrons. The standard InChI is InChI=1S/C32H30N4O5S2/c1-3-41-28(37)19-25-20-42-32(34-25)36-29(38)21(2)43-26-16-14-24(15-17-26)33-31(40)27(18-22-10-6-4-7-11-22)35-30(39)23-12-8-5-9-13-23/h4-18,20-21H,3,19H2,1-2H3,(H,33,40)(H,35,39)(H,34,36,38)/b27-18-. The van der Waals surface area contributed by atoms with Gasteiger partial charge < -0.3 is 20.7 Å². The predicted molar refractivity (Wildman–Crippen MR) is 170 cm³/mol. The second kappa shape index (κ2) is 15.5. The molecule has 1 aromatic heterocycles. The number of benzene rings is 3. The van der Waals surface area contributed by atoms with E-state index in [1.54, 1.807) is 73.8 Å². The summed E-state index contributed by atoms with van der Waals surface area (Å²) in [6.07, 6.45) is 1.67. The number of nitrogens with one attached hydrogen (secondary N) is 3. The van der Waals surface area contributed by atoms with Crippen molar-refractivity contribution in [2.45, 2.75) is 30.4 Å². The first-order valence-corrected chi connectivity index (χ1v) is 15.2. The lowest BCUT2D eigenvalue weighted by atomic mass is 10.1. The normalized spacial score (nSPS) is 11.7. The summed E-state index contributed by atoms with van der Waals surface area (Å²) in [7, 11) is 0. The summed E-state index contributed by atoms with van der Waals surface area (Å²) < 4.78 is 4.93. The first-order valence-electron chi connectivity index (χ1n) is 13.4. The van der Waals surface area contributed by atoms with Crippen LogP contribution in [0.15, 0.2) is 101 Å². The summed E-state index contributed by atoms with van der Waals surface area (Å²) in [5, 5.41) is 10.0. The van der Waals surface area contributed by atoms with Gasteiger partial charge >= 0.3 is 5.97 Å². The molecule has 220 valence electrons. The SMILES string of the molecule is CCOC(=O)Cc1csc(NC(=O)C(C)Sc2ccc(NC(=O)/C(=C/c3ccccc3)NC(=O)c3ccccc3)cc2)n1. The largest absolute Gasteiger partial charge is 0.466 e. The highest BCUT2D eigenvalue weighted by molar-refractivity contribution is 8.00. The van der Waals surface area contributed by atoms with E-state index in [1.807, 2.05) is 36.4 Å². The Morgan fingerprint density at radius 1 is 0.930 bits per heavy atom. The van der Waals surface area contributed by atoms with E-state index >= 15 is 0 Å². The zero-order valence-corrected chi connectivity index (χ0v) is 25.2. The molecule has 0 fully saturated rings. The first kappa shape index (κ1) is 31.2. The van der Waals surface area contributed by atoms with Crippen molar-refractivity contribution in [1.29, 1.82) is 0 Å². The highest BCUT2D eigenvalue weighted by Crippen LogP contribution is 2.26. The number of rotatable bonds is 12. The van der Waals surface area contributed by atoms with Gasteiger partial charge in [0.1, 0.15) is 5.70 Å². The van der Waals surface area contributed by atoms with Crippen molar-refractivity contribution in [3.8, 4) is 0 Å². The summed E-state index contributed by atoms with van der Waals surface area (Å²) in [5.41, 5.74) is 2.35. The Balaban J connectivity index is 1.36. The van der Waals surface area contributed by atoms with Crippen molar-refractivity contribution in [1.82, 2.24) is 10.3 Å². The summed E-state index contributed by atoms with van der Waals surface area (Å²) in [5.74, 6) is -1.48. The van der Waals surface area contributed by atoms with Crippen LogP contribution in [-0.4, -0.2) is 40.5 Å². The van der Waals surface area contributed by atoms with Crippen LogP contribution in [0, 0.1) is 0 Å². The van der Waals surface area contributed by atoms with Gasteiger partial charge in [-0.1, -0.05) is 48.5 Å². The van der Waals surface area contributed by atoms with E-state index < -0.39 is 17.1 Å². The topological polar surface area (TPSA) is 126 Å². The van der Waals surface area contributed by atoms with Gasteiger partial charge in [-0.25, -0.2) is 4.98 Å². The lowest BCUT2D eigenvalue weighted by Crippen LogP contribution is -2.30. The van der Waals surface area contributed by atoms with Crippen LogP contribution >= 0.6 is 23.1 Å². The molecule has 3 aromatic carbocycles. The maximum absolute atomic E-state index is 13.2. The van der Waals surface area contributed by atoms with Gasteiger partial charge in [0.2, 0.25) is 5.91 Å². The molecule has 0 bridgehead atoms. The lowest BCUT2D eigenvalue weighted by Gasteiger charge is -2.13. The van der Waals surface area contributed by atoms with Crippen molar-refractivity contribution in [3.63, 3.8) is 0 Å². The Hall–Kier alpha value is -4.74. The molecule has 1 atom stereocenters. The molecule has 0 saturated heterocycles. The molecule has 3 N–H and O–H groups in total. The Kier molecular flexibility index (Phi) is 11.2. The molecule has 0 saturated carbocycles. The minimum absolute atomic E-state index is 0.0519. The summed E-state index contributed by atoms with van der Waals surface area (Å²) in [6, 6.07) is 24.9. The van der Waals surface area contributed by atoms with Gasteiger partial charge in [0.15, 0.2) is 5.13 Å². The van der Waals surface area contributed by atoms with Crippen molar-refractivity contribution in [2.75, 3.05) is 17.2 Å². The first-order chi connectivity index (χ1) is 20.8. The summed E-state index contributed by atoms with van der Waals surface area (Å²) >= 11 is 2.59. The van der Waals surface area contributed by atoms with Gasteiger partial charge in [-0.05, 0) is 61.9 Å². The average Bonchev–Trinajstić information content (AvgIpc) is 3.44. The van der Waals surface area contributed by atoms with E-state index in [-0.39, 0.29) is 24.0 Å². The molecule has 0 aliphatic carbocycles. The molecule has 3 amide bonds. The van der Waals surface area contributed by atoms with Crippen LogP contribution in [0.2, 0.25) is 0 Å². The third kappa shape index (κ3) is 9.66. The molecule has 43 heavy (non-hydrogen) atoms. The van der Waals surface area contributed by atoms with Crippen LogP contribution in [0.25, 0.3) is 6.08 Å². The fraction of sp³-hybridized carbons (Fsp3) is 0.156. The van der Waals surface area contributed by atoms with Gasteiger partial charge in [-0.2, -0.15) is 0 Å². The summed E-state index contributed by atoms with van der Waals surface area (Å²) in [6.45, 7) is 3.81. The van der Waals surface area contributed by atoms with E-state index in [0.717, 1.165) is 10.5 Å². The molecule has 4 rings (SSSR count). The van der Waals surface area contributed by atoms with Gasteiger partial charge in [0.05, 0.1) is 24.0 Å². The fourth-order valence-corrected chi connectivity index (χ4v) is 5.32. The van der Waals surface area contributed by atoms with Gasteiger partial charge in [0.25, 0.3) is 11.8 Å². The third-order valence-corrected chi connectivity index (χ3v) is 7.76. The summed E-state index contributed by atoms with van der Waals surface area (Å²) in [4.78, 5) is 55.5. The molecule has 1 unspecified atom stereocenters. The monoisotopic (exact) mass is 614 g/mol. The van der Waals surface area contributed by atoms with Crippen LogP contribution in [-0.2, 0) is 25.5 Å². The van der Waals surface area contributed by atoms with Crippen LogP contribution < -0.4 is 16.0 Å². The van der Waals surface area contributed by atoms with E-state index in [0.29, 0.717) is 28.7 Å². The molecule has 1 heterocycles. The number of carbonyl (C=O) groups excluding carboxylic acids is 4. The second-order valence-electron chi connectivity index (χ2n) is 9.14. The van der Waals surface area contributed by atoms with Crippen LogP contribution in [0.1, 0.15) is 35.5 Å². The van der Waals surface area contributed by atoms with Crippen LogP contribution in [0.4, 0.5) is 10.8 Å². The third-order valence-electron chi connectivity index (χ3n) is 5.85. The van der Waals surface area contributed by atoms with E-state index in [9.17, 15) is 19.2 Å². The molecular formula is C32H30N4O5S2. The van der Waals surface area contributed by atoms with Crippen molar-refractivity contribution >= 4 is 63.7 Å². The molecule has 11 heteroatoms. The highest BCUT2D eigenvalue weighted by atomic mass is 32.2. The molecule has 0 aliphatic rings. The number of hydrogen-bond donors (Lipinski definition) is 3. The highest BCUT2D eigenvalue weighted by Gasteiger charge is 2.18. The number of ether oxygens (including phenoxy) is 1. The van der Waals surface area contributed by atoms with Crippen molar-refractivity contribution < 1.29 is 23.9 Å². The number of thiazole rings is 1. The zero-order valence-electron chi connectivity index (χ0n) is 23.5. The molecule has 0 spiro atoms. The smallest absolute Gasteiger partial charge is 0.311 e. The Morgan fingerprint density at radius 2 is 1.60 bits per heavy atom. The second-order valence-corrected chi connectivity index (χ2v) is 11.4. The van der Waals surface area contributed by atoms with Crippen LogP contribution in [0.3, 0.4) is 0 Å². The van der Waals surface area contributed by atoms with Gasteiger partial charge in [0, 0.05) is 21.5 Å². The predicted octanol–water partition coefficient (Wildman–Crippen LogP) is 5.78. The van der Waals surface area contributed by atoms with Crippen LogP contribution in [0.5, 0.6) is 0 Å². The fourth-order valence-electron chi connectivity index (χ4n) is 3.74.